The molecule has 1 saturated heterocycles. The van der Waals surface area contributed by atoms with Crippen molar-refractivity contribution in [2.45, 2.75) is 25.8 Å². The Labute approximate surface area is 104 Å². The van der Waals surface area contributed by atoms with E-state index in [1.165, 1.54) is 12.8 Å². The summed E-state index contributed by atoms with van der Waals surface area (Å²) in [6, 6.07) is 0.473. The van der Waals surface area contributed by atoms with E-state index in [4.69, 9.17) is 5.11 Å². The summed E-state index contributed by atoms with van der Waals surface area (Å²) in [7, 11) is 1.81. The van der Waals surface area contributed by atoms with E-state index in [1.807, 2.05) is 18.9 Å². The highest BCUT2D eigenvalue weighted by molar-refractivity contribution is 5.77. The Balaban J connectivity index is 2.38. The highest BCUT2D eigenvalue weighted by Crippen LogP contribution is 2.07. The Morgan fingerprint density at radius 3 is 2.82 bits per heavy atom. The van der Waals surface area contributed by atoms with Gasteiger partial charge in [-0.15, -0.1) is 0 Å². The van der Waals surface area contributed by atoms with Crippen molar-refractivity contribution in [2.24, 2.45) is 0 Å². The lowest BCUT2D eigenvalue weighted by Gasteiger charge is -2.26. The Bertz CT molecular complexity index is 230. The van der Waals surface area contributed by atoms with E-state index in [2.05, 4.69) is 5.32 Å². The zero-order valence-corrected chi connectivity index (χ0v) is 11.0. The third-order valence-electron chi connectivity index (χ3n) is 3.32. The van der Waals surface area contributed by atoms with Crippen molar-refractivity contribution in [3.63, 3.8) is 0 Å². The normalized spacial score (nSPS) is 19.9. The van der Waals surface area contributed by atoms with Gasteiger partial charge in [0.25, 0.3) is 0 Å². The van der Waals surface area contributed by atoms with Crippen LogP contribution in [0.15, 0.2) is 0 Å². The van der Waals surface area contributed by atoms with E-state index in [-0.39, 0.29) is 12.5 Å². The maximum atomic E-state index is 11.8. The Kier molecular flexibility index (Phi) is 6.47. The van der Waals surface area contributed by atoms with Crippen LogP contribution in [0.4, 0.5) is 0 Å². The second kappa shape index (κ2) is 7.63. The lowest BCUT2D eigenvalue weighted by molar-refractivity contribution is -0.131. The molecule has 5 heteroatoms. The van der Waals surface area contributed by atoms with Crippen molar-refractivity contribution in [1.82, 2.24) is 15.1 Å². The molecule has 1 unspecified atom stereocenters. The van der Waals surface area contributed by atoms with Crippen LogP contribution in [-0.2, 0) is 4.79 Å². The first-order chi connectivity index (χ1) is 8.17. The number of carbonyl (C=O) groups is 1. The number of hydrogen-bond acceptors (Lipinski definition) is 4. The fraction of sp³-hybridized carbons (Fsp3) is 0.917. The molecule has 1 aliphatic heterocycles. The van der Waals surface area contributed by atoms with Crippen LogP contribution >= 0.6 is 0 Å². The van der Waals surface area contributed by atoms with Crippen LogP contribution in [0.2, 0.25) is 0 Å². The van der Waals surface area contributed by atoms with Crippen LogP contribution in [-0.4, -0.2) is 73.2 Å². The van der Waals surface area contributed by atoms with Gasteiger partial charge in [-0.2, -0.15) is 0 Å². The minimum Gasteiger partial charge on any atom is -0.395 e. The molecule has 0 spiro atoms. The van der Waals surface area contributed by atoms with Crippen molar-refractivity contribution >= 4 is 5.91 Å². The molecule has 0 saturated carbocycles. The SMILES string of the molecule is CCN(C)C(=O)CN(CCO)CC1CCCN1. The summed E-state index contributed by atoms with van der Waals surface area (Å²) >= 11 is 0. The summed E-state index contributed by atoms with van der Waals surface area (Å²) in [6.45, 7) is 5.70. The van der Waals surface area contributed by atoms with Crippen LogP contribution in [0.25, 0.3) is 0 Å². The predicted octanol–water partition coefficient (Wildman–Crippen LogP) is -0.489. The predicted molar refractivity (Wildman–Crippen MR) is 67.9 cm³/mol. The number of nitrogens with zero attached hydrogens (tertiary/aromatic N) is 2. The number of aliphatic hydroxyl groups is 1. The third-order valence-corrected chi connectivity index (χ3v) is 3.32. The second-order valence-corrected chi connectivity index (χ2v) is 4.66. The molecular weight excluding hydrogens is 218 g/mol. The monoisotopic (exact) mass is 243 g/mol. The molecule has 0 aliphatic carbocycles. The molecule has 0 radical (unpaired) electrons. The zero-order valence-electron chi connectivity index (χ0n) is 11.0. The minimum atomic E-state index is 0.107. The second-order valence-electron chi connectivity index (χ2n) is 4.66. The first-order valence-corrected chi connectivity index (χ1v) is 6.48. The van der Waals surface area contributed by atoms with Crippen molar-refractivity contribution in [1.29, 1.82) is 0 Å². The highest BCUT2D eigenvalue weighted by Gasteiger charge is 2.20. The molecule has 0 aromatic rings. The van der Waals surface area contributed by atoms with Crippen molar-refractivity contribution in [2.75, 3.05) is 46.4 Å². The number of rotatable bonds is 7. The van der Waals surface area contributed by atoms with E-state index < -0.39 is 0 Å². The van der Waals surface area contributed by atoms with Crippen molar-refractivity contribution in [3.8, 4) is 0 Å². The zero-order chi connectivity index (χ0) is 12.7. The van der Waals surface area contributed by atoms with Gasteiger partial charge in [-0.3, -0.25) is 9.69 Å². The maximum Gasteiger partial charge on any atom is 0.236 e. The molecular formula is C12H25N3O2. The molecule has 100 valence electrons. The Hall–Kier alpha value is -0.650. The van der Waals surface area contributed by atoms with Gasteiger partial charge in [0.05, 0.1) is 13.2 Å². The van der Waals surface area contributed by atoms with Gasteiger partial charge in [-0.25, -0.2) is 0 Å². The smallest absolute Gasteiger partial charge is 0.236 e. The number of aliphatic hydroxyl groups excluding tert-OH is 1. The van der Waals surface area contributed by atoms with Gasteiger partial charge in [0.2, 0.25) is 5.91 Å². The van der Waals surface area contributed by atoms with E-state index in [0.717, 1.165) is 19.6 Å². The summed E-state index contributed by atoms with van der Waals surface area (Å²) in [6.07, 6.45) is 2.38. The molecule has 17 heavy (non-hydrogen) atoms. The van der Waals surface area contributed by atoms with E-state index >= 15 is 0 Å². The molecule has 1 atom stereocenters. The van der Waals surface area contributed by atoms with Gasteiger partial charge in [-0.1, -0.05) is 0 Å². The van der Waals surface area contributed by atoms with Gasteiger partial charge in [0.15, 0.2) is 0 Å². The summed E-state index contributed by atoms with van der Waals surface area (Å²) in [5.74, 6) is 0.124. The molecule has 5 nitrogen and oxygen atoms in total. The fourth-order valence-electron chi connectivity index (χ4n) is 2.09. The van der Waals surface area contributed by atoms with Gasteiger partial charge in [0.1, 0.15) is 0 Å². The van der Waals surface area contributed by atoms with Crippen LogP contribution in [0.3, 0.4) is 0 Å². The van der Waals surface area contributed by atoms with Gasteiger partial charge >= 0.3 is 0 Å². The summed E-state index contributed by atoms with van der Waals surface area (Å²) in [5, 5.41) is 12.4. The molecule has 1 amide bonds. The summed E-state index contributed by atoms with van der Waals surface area (Å²) in [4.78, 5) is 15.6. The molecule has 0 aromatic heterocycles. The topological polar surface area (TPSA) is 55.8 Å². The van der Waals surface area contributed by atoms with E-state index in [9.17, 15) is 4.79 Å². The molecule has 1 fully saturated rings. The van der Waals surface area contributed by atoms with Crippen LogP contribution < -0.4 is 5.32 Å². The number of likely N-dealkylation sites (N-methyl/N-ethyl adjacent to an activating group) is 1. The Morgan fingerprint density at radius 1 is 1.53 bits per heavy atom. The first kappa shape index (κ1) is 14.4. The molecule has 0 aromatic carbocycles. The molecule has 1 rings (SSSR count). The number of nitrogens with one attached hydrogen (secondary N) is 1. The average molecular weight is 243 g/mol. The Morgan fingerprint density at radius 2 is 2.29 bits per heavy atom. The van der Waals surface area contributed by atoms with Gasteiger partial charge in [0, 0.05) is 32.7 Å². The average Bonchev–Trinajstić information content (AvgIpc) is 2.81. The molecule has 0 bridgehead atoms. The van der Waals surface area contributed by atoms with Crippen LogP contribution in [0.5, 0.6) is 0 Å². The van der Waals surface area contributed by atoms with Gasteiger partial charge < -0.3 is 15.3 Å². The lowest BCUT2D eigenvalue weighted by atomic mass is 10.2. The highest BCUT2D eigenvalue weighted by atomic mass is 16.3. The number of carbonyl (C=O) groups excluding carboxylic acids is 1. The van der Waals surface area contributed by atoms with Gasteiger partial charge in [-0.05, 0) is 26.3 Å². The number of hydrogen-bond donors (Lipinski definition) is 2. The van der Waals surface area contributed by atoms with E-state index in [0.29, 0.717) is 19.1 Å². The maximum absolute atomic E-state index is 11.8. The quantitative estimate of drug-likeness (QED) is 0.633. The van der Waals surface area contributed by atoms with Crippen molar-refractivity contribution < 1.29 is 9.90 Å². The summed E-state index contributed by atoms with van der Waals surface area (Å²) in [5.41, 5.74) is 0. The largest absolute Gasteiger partial charge is 0.395 e. The van der Waals surface area contributed by atoms with E-state index in [1.54, 1.807) is 4.90 Å². The lowest BCUT2D eigenvalue weighted by Crippen LogP contribution is -2.44. The fourth-order valence-corrected chi connectivity index (χ4v) is 2.09. The minimum absolute atomic E-state index is 0.107. The van der Waals surface area contributed by atoms with Crippen LogP contribution in [0.1, 0.15) is 19.8 Å². The number of amides is 1. The molecule has 2 N–H and O–H groups in total. The standard InChI is InChI=1S/C12H25N3O2/c1-3-14(2)12(17)10-15(7-8-16)9-11-5-4-6-13-11/h11,13,16H,3-10H2,1-2H3. The molecule has 1 aliphatic rings. The van der Waals surface area contributed by atoms with Crippen LogP contribution in [0, 0.1) is 0 Å². The summed E-state index contributed by atoms with van der Waals surface area (Å²) < 4.78 is 0. The third kappa shape index (κ3) is 5.02. The molecule has 1 heterocycles. The van der Waals surface area contributed by atoms with Crippen molar-refractivity contribution in [3.05, 3.63) is 0 Å². The first-order valence-electron chi connectivity index (χ1n) is 6.48.